The van der Waals surface area contributed by atoms with Crippen LogP contribution in [0.1, 0.15) is 32.2 Å². The second-order valence-corrected chi connectivity index (χ2v) is 6.25. The Morgan fingerprint density at radius 3 is 2.86 bits per heavy atom. The van der Waals surface area contributed by atoms with Crippen LogP contribution in [0, 0.1) is 0 Å². The minimum absolute atomic E-state index is 0.00301. The fourth-order valence-electron chi connectivity index (χ4n) is 2.72. The molecule has 0 spiro atoms. The quantitative estimate of drug-likeness (QED) is 0.698. The molecule has 4 nitrogen and oxygen atoms in total. The lowest BCUT2D eigenvalue weighted by molar-refractivity contribution is 0.103. The van der Waals surface area contributed by atoms with Gasteiger partial charge in [0.25, 0.3) is 0 Å². The maximum absolute atomic E-state index is 12.7. The third kappa shape index (κ3) is 2.10. The van der Waals surface area contributed by atoms with Crippen LogP contribution in [-0.4, -0.2) is 20.8 Å². The van der Waals surface area contributed by atoms with E-state index in [-0.39, 0.29) is 5.78 Å². The van der Waals surface area contributed by atoms with Gasteiger partial charge in [-0.2, -0.15) is 0 Å². The van der Waals surface area contributed by atoms with Crippen LogP contribution in [0.15, 0.2) is 42.6 Å². The summed E-state index contributed by atoms with van der Waals surface area (Å²) in [6.45, 7) is 0. The summed E-state index contributed by atoms with van der Waals surface area (Å²) in [5.74, 6) is 0.00301. The van der Waals surface area contributed by atoms with Crippen LogP contribution in [0.3, 0.4) is 0 Å². The van der Waals surface area contributed by atoms with E-state index in [1.54, 1.807) is 22.2 Å². The zero-order valence-corrected chi connectivity index (χ0v) is 12.1. The predicted molar refractivity (Wildman–Crippen MR) is 81.1 cm³/mol. The van der Waals surface area contributed by atoms with Gasteiger partial charge in [-0.3, -0.25) is 4.79 Å². The molecule has 21 heavy (non-hydrogen) atoms. The highest BCUT2D eigenvalue weighted by Gasteiger charge is 2.22. The lowest BCUT2D eigenvalue weighted by Gasteiger charge is -2.04. The molecule has 4 rings (SSSR count). The van der Waals surface area contributed by atoms with Gasteiger partial charge in [0.05, 0.1) is 16.8 Å². The van der Waals surface area contributed by atoms with E-state index in [2.05, 4.69) is 10.3 Å². The number of aromatic nitrogens is 3. The lowest BCUT2D eigenvalue weighted by atomic mass is 10.2. The second kappa shape index (κ2) is 4.93. The fourth-order valence-corrected chi connectivity index (χ4v) is 3.92. The molecule has 0 aliphatic heterocycles. The Morgan fingerprint density at radius 2 is 2.05 bits per heavy atom. The van der Waals surface area contributed by atoms with Gasteiger partial charge < -0.3 is 0 Å². The predicted octanol–water partition coefficient (Wildman–Crippen LogP) is 3.05. The Kier molecular flexibility index (Phi) is 2.93. The summed E-state index contributed by atoms with van der Waals surface area (Å²) in [5.41, 5.74) is 2.70. The first-order chi connectivity index (χ1) is 10.3. The largest absolute Gasteiger partial charge is 0.286 e. The Morgan fingerprint density at radius 1 is 1.19 bits per heavy atom. The first kappa shape index (κ1) is 12.5. The van der Waals surface area contributed by atoms with Crippen molar-refractivity contribution < 1.29 is 4.79 Å². The lowest BCUT2D eigenvalue weighted by Crippen LogP contribution is -2.08. The van der Waals surface area contributed by atoms with Crippen molar-refractivity contribution in [1.82, 2.24) is 15.0 Å². The monoisotopic (exact) mass is 295 g/mol. The van der Waals surface area contributed by atoms with Crippen LogP contribution >= 0.6 is 11.3 Å². The molecule has 1 aromatic carbocycles. The molecule has 5 heteroatoms. The first-order valence-electron chi connectivity index (χ1n) is 6.95. The van der Waals surface area contributed by atoms with Gasteiger partial charge in [0.1, 0.15) is 5.69 Å². The third-order valence-corrected chi connectivity index (χ3v) is 4.99. The van der Waals surface area contributed by atoms with Crippen molar-refractivity contribution in [3.8, 4) is 5.69 Å². The van der Waals surface area contributed by atoms with Crippen LogP contribution in [-0.2, 0) is 12.8 Å². The number of rotatable bonds is 3. The van der Waals surface area contributed by atoms with Crippen LogP contribution in [0.5, 0.6) is 0 Å². The zero-order chi connectivity index (χ0) is 14.2. The maximum atomic E-state index is 12.7. The molecule has 1 aliphatic rings. The molecular weight excluding hydrogens is 282 g/mol. The number of para-hydroxylation sites is 1. The summed E-state index contributed by atoms with van der Waals surface area (Å²) >= 11 is 1.61. The van der Waals surface area contributed by atoms with Crippen LogP contribution in [0.25, 0.3) is 5.69 Å². The Hall–Kier alpha value is -2.27. The average Bonchev–Trinajstić information content (AvgIpc) is 3.22. The molecule has 0 atom stereocenters. The van der Waals surface area contributed by atoms with Crippen molar-refractivity contribution >= 4 is 17.1 Å². The highest BCUT2D eigenvalue weighted by molar-refractivity contribution is 7.14. The molecule has 0 radical (unpaired) electrons. The molecule has 0 unspecified atom stereocenters. The molecule has 1 aliphatic carbocycles. The summed E-state index contributed by atoms with van der Waals surface area (Å²) < 4.78 is 1.60. The van der Waals surface area contributed by atoms with Crippen molar-refractivity contribution in [2.75, 3.05) is 0 Å². The smallest absolute Gasteiger partial charge is 0.223 e. The second-order valence-electron chi connectivity index (χ2n) is 5.11. The minimum Gasteiger partial charge on any atom is -0.286 e. The number of carbonyl (C=O) groups is 1. The number of hydrogen-bond acceptors (Lipinski definition) is 4. The van der Waals surface area contributed by atoms with Crippen LogP contribution in [0.4, 0.5) is 0 Å². The topological polar surface area (TPSA) is 47.8 Å². The van der Waals surface area contributed by atoms with Crippen molar-refractivity contribution in [2.24, 2.45) is 0 Å². The Labute approximate surface area is 126 Å². The van der Waals surface area contributed by atoms with Gasteiger partial charge in [-0.25, -0.2) is 4.68 Å². The molecule has 0 saturated heterocycles. The SMILES string of the molecule is O=C(c1cc2c(s1)CCC2)c1cnnn1-c1ccccc1. The van der Waals surface area contributed by atoms with E-state index in [4.69, 9.17) is 0 Å². The van der Waals surface area contributed by atoms with Gasteiger partial charge in [-0.15, -0.1) is 16.4 Å². The number of hydrogen-bond donors (Lipinski definition) is 0. The number of thiophene rings is 1. The number of carbonyl (C=O) groups excluding carboxylic acids is 1. The highest BCUT2D eigenvalue weighted by Crippen LogP contribution is 2.31. The fraction of sp³-hybridized carbons (Fsp3) is 0.188. The summed E-state index contributed by atoms with van der Waals surface area (Å²) in [4.78, 5) is 14.9. The minimum atomic E-state index is 0.00301. The Balaban J connectivity index is 1.73. The summed E-state index contributed by atoms with van der Waals surface area (Å²) in [6.07, 6.45) is 4.94. The van der Waals surface area contributed by atoms with E-state index in [0.29, 0.717) is 5.69 Å². The molecule has 2 heterocycles. The molecule has 0 bridgehead atoms. The van der Waals surface area contributed by atoms with E-state index in [1.165, 1.54) is 16.9 Å². The normalized spacial score (nSPS) is 13.3. The maximum Gasteiger partial charge on any atom is 0.223 e. The van der Waals surface area contributed by atoms with Crippen molar-refractivity contribution in [1.29, 1.82) is 0 Å². The van der Waals surface area contributed by atoms with E-state index < -0.39 is 0 Å². The molecule has 0 N–H and O–H groups in total. The standard InChI is InChI=1S/C16H13N3OS/c20-16(15-9-11-5-4-8-14(11)21-15)13-10-17-18-19(13)12-6-2-1-3-7-12/h1-3,6-7,9-10H,4-5,8H2. The molecule has 3 aromatic rings. The van der Waals surface area contributed by atoms with Crippen molar-refractivity contribution in [3.05, 3.63) is 63.6 Å². The van der Waals surface area contributed by atoms with Gasteiger partial charge in [-0.05, 0) is 43.0 Å². The summed E-state index contributed by atoms with van der Waals surface area (Å²) in [7, 11) is 0. The number of ketones is 1. The van der Waals surface area contributed by atoms with Crippen LogP contribution in [0.2, 0.25) is 0 Å². The number of aryl methyl sites for hydroxylation is 2. The Bertz CT molecular complexity index is 783. The molecule has 0 saturated carbocycles. The van der Waals surface area contributed by atoms with Gasteiger partial charge in [0, 0.05) is 4.88 Å². The molecule has 0 fully saturated rings. The van der Waals surface area contributed by atoms with Gasteiger partial charge in [0.2, 0.25) is 5.78 Å². The highest BCUT2D eigenvalue weighted by atomic mass is 32.1. The third-order valence-electron chi connectivity index (χ3n) is 3.75. The van der Waals surface area contributed by atoms with Gasteiger partial charge in [0.15, 0.2) is 0 Å². The number of fused-ring (bicyclic) bond motifs is 1. The van der Waals surface area contributed by atoms with Crippen molar-refractivity contribution in [3.63, 3.8) is 0 Å². The summed E-state index contributed by atoms with van der Waals surface area (Å²) in [6, 6.07) is 11.7. The van der Waals surface area contributed by atoms with E-state index >= 15 is 0 Å². The zero-order valence-electron chi connectivity index (χ0n) is 11.3. The van der Waals surface area contributed by atoms with Gasteiger partial charge >= 0.3 is 0 Å². The molecule has 104 valence electrons. The number of nitrogens with zero attached hydrogens (tertiary/aromatic N) is 3. The molecule has 2 aromatic heterocycles. The first-order valence-corrected chi connectivity index (χ1v) is 7.77. The van der Waals surface area contributed by atoms with Crippen LogP contribution < -0.4 is 0 Å². The summed E-state index contributed by atoms with van der Waals surface area (Å²) in [5, 5.41) is 7.95. The van der Waals surface area contributed by atoms with Gasteiger partial charge in [-0.1, -0.05) is 23.4 Å². The number of benzene rings is 1. The molecular formula is C16H13N3OS. The van der Waals surface area contributed by atoms with E-state index in [9.17, 15) is 4.79 Å². The van der Waals surface area contributed by atoms with E-state index in [1.807, 2.05) is 36.4 Å². The van der Waals surface area contributed by atoms with E-state index in [0.717, 1.165) is 23.4 Å². The molecule has 0 amide bonds. The average molecular weight is 295 g/mol. The van der Waals surface area contributed by atoms with Crippen molar-refractivity contribution in [2.45, 2.75) is 19.3 Å².